The van der Waals surface area contributed by atoms with Crippen molar-refractivity contribution >= 4 is 21.6 Å². The Morgan fingerprint density at radius 3 is 2.24 bits per heavy atom. The molecule has 204 valence electrons. The average molecular weight is 539 g/mol. The predicted molar refractivity (Wildman–Crippen MR) is 146 cm³/mol. The van der Waals surface area contributed by atoms with Crippen LogP contribution in [0.4, 0.5) is 5.69 Å². The van der Waals surface area contributed by atoms with Crippen molar-refractivity contribution in [1.29, 1.82) is 0 Å². The molecule has 8 heteroatoms. The van der Waals surface area contributed by atoms with Crippen LogP contribution in [0.15, 0.2) is 47.4 Å². The third-order valence-corrected chi connectivity index (χ3v) is 11.2. The quantitative estimate of drug-likeness (QED) is 0.524. The highest BCUT2D eigenvalue weighted by atomic mass is 32.2. The van der Waals surface area contributed by atoms with Gasteiger partial charge in [0.25, 0.3) is 0 Å². The predicted octanol–water partition coefficient (Wildman–Crippen LogP) is 4.76. The second-order valence-electron chi connectivity index (χ2n) is 11.8. The number of benzene rings is 2. The molecule has 1 heterocycles. The average Bonchev–Trinajstić information content (AvgIpc) is 2.92. The maximum Gasteiger partial charge on any atom is 0.243 e. The van der Waals surface area contributed by atoms with Crippen LogP contribution in [0.5, 0.6) is 5.75 Å². The topological polar surface area (TPSA) is 84.9 Å². The third-order valence-electron chi connectivity index (χ3n) is 9.30. The van der Waals surface area contributed by atoms with Crippen molar-refractivity contribution in [2.75, 3.05) is 38.7 Å². The van der Waals surface area contributed by atoms with E-state index in [9.17, 15) is 13.2 Å². The van der Waals surface area contributed by atoms with Crippen LogP contribution in [0, 0.1) is 17.8 Å². The second kappa shape index (κ2) is 10.3. The lowest BCUT2D eigenvalue weighted by molar-refractivity contribution is -0.116. The number of sulfonamides is 1. The van der Waals surface area contributed by atoms with Gasteiger partial charge in [-0.15, -0.1) is 0 Å². The van der Waals surface area contributed by atoms with Crippen molar-refractivity contribution in [2.24, 2.45) is 17.8 Å². The lowest BCUT2D eigenvalue weighted by Gasteiger charge is -2.57. The first-order chi connectivity index (χ1) is 18.3. The molecule has 0 unspecified atom stereocenters. The molecule has 1 amide bonds. The first-order valence-corrected chi connectivity index (χ1v) is 15.4. The Hall–Kier alpha value is -2.42. The molecule has 1 N–H and O–H groups in total. The number of methoxy groups -OCH3 is 1. The summed E-state index contributed by atoms with van der Waals surface area (Å²) < 4.78 is 38.4. The number of nitrogens with zero attached hydrogens (tertiary/aromatic N) is 1. The molecule has 38 heavy (non-hydrogen) atoms. The number of rotatable bonds is 8. The van der Waals surface area contributed by atoms with Crippen molar-refractivity contribution in [2.45, 2.75) is 61.7 Å². The van der Waals surface area contributed by atoms with Gasteiger partial charge in [-0.05, 0) is 110 Å². The second-order valence-corrected chi connectivity index (χ2v) is 13.8. The summed E-state index contributed by atoms with van der Waals surface area (Å²) in [6.07, 6.45) is 8.88. The van der Waals surface area contributed by atoms with Gasteiger partial charge in [0.15, 0.2) is 0 Å². The zero-order valence-corrected chi connectivity index (χ0v) is 23.0. The van der Waals surface area contributed by atoms with Crippen LogP contribution in [0.3, 0.4) is 0 Å². The summed E-state index contributed by atoms with van der Waals surface area (Å²) in [7, 11) is -2.06. The van der Waals surface area contributed by atoms with Gasteiger partial charge in [-0.2, -0.15) is 4.31 Å². The maximum absolute atomic E-state index is 13.1. The van der Waals surface area contributed by atoms with E-state index in [4.69, 9.17) is 9.47 Å². The number of amides is 1. The Morgan fingerprint density at radius 2 is 1.63 bits per heavy atom. The summed E-state index contributed by atoms with van der Waals surface area (Å²) in [4.78, 5) is 13.0. The van der Waals surface area contributed by atoms with E-state index in [1.807, 2.05) is 12.1 Å². The van der Waals surface area contributed by atoms with Crippen molar-refractivity contribution in [3.63, 3.8) is 0 Å². The van der Waals surface area contributed by atoms with Gasteiger partial charge >= 0.3 is 0 Å². The first-order valence-electron chi connectivity index (χ1n) is 14.0. The Kier molecular flexibility index (Phi) is 6.99. The number of hydrogen-bond acceptors (Lipinski definition) is 5. The molecule has 5 fully saturated rings. The fourth-order valence-corrected chi connectivity index (χ4v) is 9.35. The van der Waals surface area contributed by atoms with E-state index >= 15 is 0 Å². The fraction of sp³-hybridized carbons (Fsp3) is 0.567. The van der Waals surface area contributed by atoms with Gasteiger partial charge in [0, 0.05) is 25.2 Å². The fourth-order valence-electron chi connectivity index (χ4n) is 7.89. The first kappa shape index (κ1) is 25.8. The number of morpholine rings is 1. The molecule has 0 aromatic heterocycles. The number of hydrogen-bond donors (Lipinski definition) is 1. The summed E-state index contributed by atoms with van der Waals surface area (Å²) in [5, 5.41) is 3.03. The van der Waals surface area contributed by atoms with E-state index in [0.29, 0.717) is 49.5 Å². The highest BCUT2D eigenvalue weighted by Crippen LogP contribution is 2.60. The standard InChI is InChI=1S/C30H38N2O5S/c1-36-28-8-7-27(38(34,35)32-10-12-37-13-11-32)17-24(28)2-9-29(33)31-26-5-3-25(4-6-26)30-18-21-14-22(19-30)16-23(15-21)20-30/h3-8,17,21-23H,2,9-16,18-20H2,1H3,(H,31,33). The third kappa shape index (κ3) is 4.98. The molecule has 0 spiro atoms. The Labute approximate surface area is 225 Å². The van der Waals surface area contributed by atoms with Gasteiger partial charge in [-0.3, -0.25) is 4.79 Å². The van der Waals surface area contributed by atoms with Crippen LogP contribution in [0.25, 0.3) is 0 Å². The molecule has 1 saturated heterocycles. The van der Waals surface area contributed by atoms with Gasteiger partial charge in [-0.25, -0.2) is 8.42 Å². The summed E-state index contributed by atoms with van der Waals surface area (Å²) >= 11 is 0. The van der Waals surface area contributed by atoms with Crippen LogP contribution in [0.2, 0.25) is 0 Å². The zero-order chi connectivity index (χ0) is 26.3. The van der Waals surface area contributed by atoms with Crippen LogP contribution in [-0.2, 0) is 31.4 Å². The number of ether oxygens (including phenoxy) is 2. The highest BCUT2D eigenvalue weighted by molar-refractivity contribution is 7.89. The molecule has 0 radical (unpaired) electrons. The number of nitrogens with one attached hydrogen (secondary N) is 1. The van der Waals surface area contributed by atoms with Crippen molar-refractivity contribution in [1.82, 2.24) is 4.31 Å². The van der Waals surface area contributed by atoms with Crippen LogP contribution in [-0.4, -0.2) is 52.0 Å². The van der Waals surface area contributed by atoms with E-state index in [1.54, 1.807) is 25.3 Å². The molecule has 2 aromatic carbocycles. The monoisotopic (exact) mass is 538 g/mol. The van der Waals surface area contributed by atoms with Crippen molar-refractivity contribution in [3.8, 4) is 5.75 Å². The normalized spacial score (nSPS) is 28.8. The van der Waals surface area contributed by atoms with E-state index in [2.05, 4.69) is 17.4 Å². The van der Waals surface area contributed by atoms with E-state index in [0.717, 1.165) is 23.4 Å². The van der Waals surface area contributed by atoms with Crippen molar-refractivity contribution < 1.29 is 22.7 Å². The summed E-state index contributed by atoms with van der Waals surface area (Å²) in [5.74, 6) is 3.19. The van der Waals surface area contributed by atoms with Crippen molar-refractivity contribution in [3.05, 3.63) is 53.6 Å². The number of anilines is 1. The number of carbonyl (C=O) groups is 1. The smallest absolute Gasteiger partial charge is 0.243 e. The minimum Gasteiger partial charge on any atom is -0.496 e. The molecule has 4 saturated carbocycles. The molecule has 4 aliphatic carbocycles. The SMILES string of the molecule is COc1ccc(S(=O)(=O)N2CCOCC2)cc1CCC(=O)Nc1ccc(C23CC4CC(CC(C4)C2)C3)cc1. The van der Waals surface area contributed by atoms with Crippen LogP contribution in [0.1, 0.15) is 56.1 Å². The maximum atomic E-state index is 13.1. The zero-order valence-electron chi connectivity index (χ0n) is 22.2. The molecule has 4 bridgehead atoms. The minimum atomic E-state index is -3.62. The number of carbonyl (C=O) groups excluding carboxylic acids is 1. The molecular weight excluding hydrogens is 500 g/mol. The van der Waals surface area contributed by atoms with Gasteiger partial charge in [0.2, 0.25) is 15.9 Å². The highest BCUT2D eigenvalue weighted by Gasteiger charge is 2.51. The lowest BCUT2D eigenvalue weighted by Crippen LogP contribution is -2.48. The Morgan fingerprint density at radius 1 is 1.00 bits per heavy atom. The molecular formula is C30H38N2O5S. The molecule has 0 atom stereocenters. The Bertz CT molecular complexity index is 1250. The van der Waals surface area contributed by atoms with E-state index in [-0.39, 0.29) is 17.2 Å². The minimum absolute atomic E-state index is 0.101. The van der Waals surface area contributed by atoms with E-state index < -0.39 is 10.0 Å². The van der Waals surface area contributed by atoms with Crippen LogP contribution < -0.4 is 10.1 Å². The summed E-state index contributed by atoms with van der Waals surface area (Å²) in [5.41, 5.74) is 3.30. The van der Waals surface area contributed by atoms with Gasteiger partial charge < -0.3 is 14.8 Å². The van der Waals surface area contributed by atoms with Crippen LogP contribution >= 0.6 is 0 Å². The largest absolute Gasteiger partial charge is 0.496 e. The molecule has 2 aromatic rings. The number of aryl methyl sites for hydroxylation is 1. The molecule has 5 aliphatic rings. The van der Waals surface area contributed by atoms with Gasteiger partial charge in [0.1, 0.15) is 5.75 Å². The molecule has 7 rings (SSSR count). The van der Waals surface area contributed by atoms with Gasteiger partial charge in [0.05, 0.1) is 25.2 Å². The summed E-state index contributed by atoms with van der Waals surface area (Å²) in [6, 6.07) is 13.4. The molecule has 1 aliphatic heterocycles. The molecule has 7 nitrogen and oxygen atoms in total. The van der Waals surface area contributed by atoms with Gasteiger partial charge in [-0.1, -0.05) is 12.1 Å². The summed E-state index contributed by atoms with van der Waals surface area (Å²) in [6.45, 7) is 1.47. The lowest BCUT2D eigenvalue weighted by atomic mass is 9.48. The Balaban J connectivity index is 1.10. The van der Waals surface area contributed by atoms with E-state index in [1.165, 1.54) is 48.4 Å².